The van der Waals surface area contributed by atoms with Gasteiger partial charge in [-0.25, -0.2) is 0 Å². The first-order chi connectivity index (χ1) is 9.71. The van der Waals surface area contributed by atoms with Crippen LogP contribution in [0.1, 0.15) is 31.3 Å². The van der Waals surface area contributed by atoms with Crippen LogP contribution in [0.2, 0.25) is 0 Å². The van der Waals surface area contributed by atoms with E-state index in [1.807, 2.05) is 12.1 Å². The van der Waals surface area contributed by atoms with Gasteiger partial charge in [0.1, 0.15) is 0 Å². The summed E-state index contributed by atoms with van der Waals surface area (Å²) in [5.74, 6) is 0.335. The number of aromatic nitrogens is 1. The monoisotopic (exact) mass is 342 g/mol. The summed E-state index contributed by atoms with van der Waals surface area (Å²) < 4.78 is 12.3. The Morgan fingerprint density at radius 1 is 1.40 bits per heavy atom. The van der Waals surface area contributed by atoms with Gasteiger partial charge in [0, 0.05) is 0 Å². The van der Waals surface area contributed by atoms with E-state index in [4.69, 9.17) is 9.15 Å². The Morgan fingerprint density at radius 2 is 2.15 bits per heavy atom. The van der Waals surface area contributed by atoms with Crippen LogP contribution in [0, 0.1) is 0 Å². The summed E-state index contributed by atoms with van der Waals surface area (Å²) in [4.78, 5) is 18.7. The first-order valence-electron chi connectivity index (χ1n) is 6.67. The quantitative estimate of drug-likeness (QED) is 0.597. The van der Waals surface area contributed by atoms with Crippen LogP contribution >= 0.6 is 0 Å². The van der Waals surface area contributed by atoms with E-state index in [9.17, 15) is 4.79 Å². The first-order valence-corrected chi connectivity index (χ1v) is 8.39. The zero-order chi connectivity index (χ0) is 14.5. The van der Waals surface area contributed by atoms with Crippen molar-refractivity contribution in [2.24, 2.45) is 0 Å². The zero-order valence-corrected chi connectivity index (χ0v) is 13.6. The van der Waals surface area contributed by atoms with E-state index in [-0.39, 0.29) is 20.5 Å². The molecule has 2 aromatic heterocycles. The minimum absolute atomic E-state index is 0.0357. The Kier molecular flexibility index (Phi) is 5.04. The van der Waals surface area contributed by atoms with Gasteiger partial charge in [-0.2, -0.15) is 0 Å². The topological polar surface area (TPSA) is 55.6 Å². The molecule has 0 saturated heterocycles. The average molecular weight is 341 g/mol. The van der Waals surface area contributed by atoms with Crippen LogP contribution in [0.3, 0.4) is 0 Å². The molecule has 0 atom stereocenters. The van der Waals surface area contributed by atoms with E-state index in [2.05, 4.69) is 23.7 Å². The van der Waals surface area contributed by atoms with Gasteiger partial charge in [-0.1, -0.05) is 0 Å². The third-order valence-corrected chi connectivity index (χ3v) is 5.24. The van der Waals surface area contributed by atoms with Crippen molar-refractivity contribution < 1.29 is 13.9 Å². The van der Waals surface area contributed by atoms with Gasteiger partial charge in [-0.3, -0.25) is 0 Å². The molecular weight excluding hydrogens is 323 g/mol. The zero-order valence-electron chi connectivity index (χ0n) is 11.9. The normalized spacial score (nSPS) is 10.6. The molecule has 108 valence electrons. The van der Waals surface area contributed by atoms with Crippen LogP contribution in [0.4, 0.5) is 4.69 Å². The van der Waals surface area contributed by atoms with Crippen LogP contribution in [-0.4, -0.2) is 45.2 Å². The van der Waals surface area contributed by atoms with Gasteiger partial charge in [0.25, 0.3) is 0 Å². The second-order valence-electron chi connectivity index (χ2n) is 4.04. The van der Waals surface area contributed by atoms with Crippen LogP contribution in [-0.2, 0) is 4.74 Å². The van der Waals surface area contributed by atoms with Gasteiger partial charge in [0.2, 0.25) is 0 Å². The molecule has 0 radical (unpaired) electrons. The third kappa shape index (κ3) is 2.97. The van der Waals surface area contributed by atoms with Crippen molar-refractivity contribution in [1.82, 2.24) is 4.98 Å². The van der Waals surface area contributed by atoms with Crippen molar-refractivity contribution in [2.45, 2.75) is 20.8 Å². The Hall–Kier alpha value is -1.52. The van der Waals surface area contributed by atoms with E-state index >= 15 is 0 Å². The number of esters is 1. The van der Waals surface area contributed by atoms with E-state index in [0.717, 1.165) is 22.2 Å². The van der Waals surface area contributed by atoms with Crippen molar-refractivity contribution in [3.8, 4) is 10.2 Å². The van der Waals surface area contributed by atoms with E-state index < -0.39 is 0 Å². The fraction of sp³-hybridized carbons (Fsp3) is 0.429. The number of hydrogen-bond donors (Lipinski definition) is 0. The Morgan fingerprint density at radius 3 is 2.70 bits per heavy atom. The molecule has 2 aromatic rings. The molecule has 0 saturated carbocycles. The maximum absolute atomic E-state index is 12.1. The third-order valence-electron chi connectivity index (χ3n) is 2.86. The summed E-state index contributed by atoms with van der Waals surface area (Å²) in [5.41, 5.74) is 0.392. The van der Waals surface area contributed by atoms with Crippen molar-refractivity contribution in [3.05, 3.63) is 24.1 Å². The number of furan rings is 1. The molecular formula is C14H18N2O3Se. The van der Waals surface area contributed by atoms with Crippen molar-refractivity contribution in [1.29, 1.82) is 0 Å². The fourth-order valence-electron chi connectivity index (χ4n) is 1.85. The summed E-state index contributed by atoms with van der Waals surface area (Å²) in [7, 11) is 0. The average Bonchev–Trinajstić information content (AvgIpc) is 3.09. The second-order valence-corrected chi connectivity index (χ2v) is 6.10. The van der Waals surface area contributed by atoms with Gasteiger partial charge in [-0.15, -0.1) is 0 Å². The number of nitrogens with zero attached hydrogens (tertiary/aromatic N) is 2. The standard InChI is InChI=1S/C14H18N2O3Se/c1-4-16(5-2)14-15-11(13(17)18-6-3)12(20-14)10-8-7-9-19-10/h7-9H,4-6H2,1-3H3. The predicted octanol–water partition coefficient (Wildman–Crippen LogP) is 2.42. The summed E-state index contributed by atoms with van der Waals surface area (Å²) in [6.45, 7) is 8.04. The molecule has 0 aromatic carbocycles. The Labute approximate surface area is 124 Å². The minimum atomic E-state index is -0.372. The molecule has 0 aliphatic rings. The molecule has 5 nitrogen and oxygen atoms in total. The van der Waals surface area contributed by atoms with E-state index in [1.165, 1.54) is 0 Å². The summed E-state index contributed by atoms with van der Waals surface area (Å²) in [6, 6.07) is 3.67. The van der Waals surface area contributed by atoms with Crippen LogP contribution in [0.25, 0.3) is 10.2 Å². The van der Waals surface area contributed by atoms with E-state index in [1.54, 1.807) is 13.2 Å². The van der Waals surface area contributed by atoms with Crippen LogP contribution in [0.15, 0.2) is 22.8 Å². The Bertz CT molecular complexity index is 559. The number of carbonyl (C=O) groups is 1. The van der Waals surface area contributed by atoms with Crippen molar-refractivity contribution in [3.63, 3.8) is 0 Å². The van der Waals surface area contributed by atoms with Gasteiger partial charge in [-0.05, 0) is 0 Å². The van der Waals surface area contributed by atoms with Crippen molar-refractivity contribution in [2.75, 3.05) is 24.6 Å². The summed E-state index contributed by atoms with van der Waals surface area (Å²) >= 11 is -0.0357. The molecule has 2 rings (SSSR count). The van der Waals surface area contributed by atoms with Crippen LogP contribution < -0.4 is 4.90 Å². The molecule has 0 spiro atoms. The Balaban J connectivity index is 2.44. The molecule has 6 heteroatoms. The molecule has 0 aliphatic heterocycles. The molecule has 0 unspecified atom stereocenters. The second kappa shape index (κ2) is 6.77. The maximum atomic E-state index is 12.1. The molecule has 0 fully saturated rings. The number of carbonyl (C=O) groups excluding carboxylic acids is 1. The summed E-state index contributed by atoms with van der Waals surface area (Å²) in [6.07, 6.45) is 1.61. The van der Waals surface area contributed by atoms with Gasteiger partial charge in [0.05, 0.1) is 0 Å². The molecule has 0 aliphatic carbocycles. The molecule has 2 heterocycles. The van der Waals surface area contributed by atoms with Gasteiger partial charge >= 0.3 is 124 Å². The molecule has 0 N–H and O–H groups in total. The van der Waals surface area contributed by atoms with E-state index in [0.29, 0.717) is 18.1 Å². The van der Waals surface area contributed by atoms with Gasteiger partial charge < -0.3 is 0 Å². The SMILES string of the molecule is CCOC(=O)c1nc(N(CC)CC)[se]c1-c1ccco1. The number of rotatable bonds is 6. The fourth-order valence-corrected chi connectivity index (χ4v) is 4.26. The van der Waals surface area contributed by atoms with Crippen LogP contribution in [0.5, 0.6) is 0 Å². The molecule has 0 bridgehead atoms. The number of hydrogen-bond acceptors (Lipinski definition) is 5. The number of ether oxygens (including phenoxy) is 1. The van der Waals surface area contributed by atoms with Crippen molar-refractivity contribution >= 4 is 25.2 Å². The first kappa shape index (κ1) is 14.9. The molecule has 0 amide bonds. The number of anilines is 1. The van der Waals surface area contributed by atoms with Gasteiger partial charge in [0.15, 0.2) is 0 Å². The predicted molar refractivity (Wildman–Crippen MR) is 78.4 cm³/mol. The summed E-state index contributed by atoms with van der Waals surface area (Å²) in [5, 5.41) is 0. The molecule has 20 heavy (non-hydrogen) atoms.